The van der Waals surface area contributed by atoms with E-state index in [9.17, 15) is 4.79 Å². The molecule has 0 aliphatic carbocycles. The van der Waals surface area contributed by atoms with Gasteiger partial charge in [0.1, 0.15) is 5.75 Å². The van der Waals surface area contributed by atoms with Crippen molar-refractivity contribution in [2.75, 3.05) is 0 Å². The Hall–Kier alpha value is -2.21. The number of aromatic carboxylic acids is 1. The van der Waals surface area contributed by atoms with E-state index in [0.29, 0.717) is 5.02 Å². The van der Waals surface area contributed by atoms with Gasteiger partial charge in [0.25, 0.3) is 0 Å². The molecule has 86 valence electrons. The number of aromatic nitrogens is 3. The van der Waals surface area contributed by atoms with Gasteiger partial charge in [-0.25, -0.2) is 14.8 Å². The standard InChI is InChI=1S/C10H6ClN3O3/c11-7-3-13-10(14-4-7)17-8-1-6(9(15)16)2-12-5-8/h1-5H,(H,15,16). The summed E-state index contributed by atoms with van der Waals surface area (Å²) in [5.41, 5.74) is 0.0245. The van der Waals surface area contributed by atoms with Crippen LogP contribution in [0.2, 0.25) is 5.02 Å². The maximum Gasteiger partial charge on any atom is 0.337 e. The highest BCUT2D eigenvalue weighted by Gasteiger charge is 2.06. The molecule has 0 aliphatic heterocycles. The van der Waals surface area contributed by atoms with E-state index in [0.717, 1.165) is 0 Å². The molecule has 0 aliphatic rings. The van der Waals surface area contributed by atoms with Crippen LogP contribution < -0.4 is 4.74 Å². The van der Waals surface area contributed by atoms with Crippen LogP contribution in [-0.2, 0) is 0 Å². The van der Waals surface area contributed by atoms with Gasteiger partial charge in [0.05, 0.1) is 29.2 Å². The summed E-state index contributed by atoms with van der Waals surface area (Å²) in [7, 11) is 0. The van der Waals surface area contributed by atoms with Crippen molar-refractivity contribution < 1.29 is 14.6 Å². The Balaban J connectivity index is 2.21. The van der Waals surface area contributed by atoms with Crippen molar-refractivity contribution in [1.82, 2.24) is 15.0 Å². The first-order chi connectivity index (χ1) is 8.15. The van der Waals surface area contributed by atoms with Crippen molar-refractivity contribution in [2.45, 2.75) is 0 Å². The lowest BCUT2D eigenvalue weighted by Gasteiger charge is -2.03. The molecule has 0 amide bonds. The van der Waals surface area contributed by atoms with Gasteiger partial charge < -0.3 is 9.84 Å². The molecule has 2 aromatic rings. The summed E-state index contributed by atoms with van der Waals surface area (Å²) >= 11 is 5.61. The largest absolute Gasteiger partial charge is 0.478 e. The predicted octanol–water partition coefficient (Wildman–Crippen LogP) is 2.02. The zero-order valence-electron chi connectivity index (χ0n) is 8.37. The average molecular weight is 252 g/mol. The second kappa shape index (κ2) is 4.75. The van der Waals surface area contributed by atoms with E-state index in [4.69, 9.17) is 21.4 Å². The summed E-state index contributed by atoms with van der Waals surface area (Å²) in [6, 6.07) is 1.39. The fourth-order valence-electron chi connectivity index (χ4n) is 1.05. The van der Waals surface area contributed by atoms with Gasteiger partial charge in [-0.05, 0) is 6.07 Å². The van der Waals surface area contributed by atoms with E-state index in [1.165, 1.54) is 30.9 Å². The van der Waals surface area contributed by atoms with Crippen LogP contribution in [-0.4, -0.2) is 26.0 Å². The van der Waals surface area contributed by atoms with Crippen molar-refractivity contribution in [3.63, 3.8) is 0 Å². The van der Waals surface area contributed by atoms with Crippen molar-refractivity contribution in [1.29, 1.82) is 0 Å². The summed E-state index contributed by atoms with van der Waals surface area (Å²) in [5, 5.41) is 9.15. The van der Waals surface area contributed by atoms with Gasteiger partial charge in [-0.2, -0.15) is 0 Å². The number of halogens is 1. The quantitative estimate of drug-likeness (QED) is 0.898. The Kier molecular flexibility index (Phi) is 3.15. The normalized spacial score (nSPS) is 9.94. The molecule has 0 aromatic carbocycles. The molecule has 0 unspecified atom stereocenters. The van der Waals surface area contributed by atoms with Gasteiger partial charge in [0.2, 0.25) is 0 Å². The van der Waals surface area contributed by atoms with Crippen LogP contribution in [0.15, 0.2) is 30.9 Å². The number of carbonyl (C=O) groups is 1. The number of hydrogen-bond donors (Lipinski definition) is 1. The molecule has 2 heterocycles. The van der Waals surface area contributed by atoms with Crippen LogP contribution >= 0.6 is 11.6 Å². The Labute approximate surface area is 101 Å². The number of carboxylic acids is 1. The van der Waals surface area contributed by atoms with E-state index in [-0.39, 0.29) is 17.3 Å². The second-order valence-corrected chi connectivity index (χ2v) is 3.44. The molecule has 6 nitrogen and oxygen atoms in total. The summed E-state index contributed by atoms with van der Waals surface area (Å²) in [6.07, 6.45) is 5.33. The molecule has 2 rings (SSSR count). The zero-order valence-corrected chi connectivity index (χ0v) is 9.13. The third-order valence-electron chi connectivity index (χ3n) is 1.77. The topological polar surface area (TPSA) is 85.2 Å². The number of carboxylic acid groups (broad SMARTS) is 1. The third kappa shape index (κ3) is 2.88. The highest BCUT2D eigenvalue weighted by Crippen LogP contribution is 2.18. The summed E-state index contributed by atoms with van der Waals surface area (Å²) in [4.78, 5) is 22.1. The molecule has 0 fully saturated rings. The van der Waals surface area contributed by atoms with Gasteiger partial charge >= 0.3 is 12.0 Å². The van der Waals surface area contributed by atoms with Gasteiger partial charge in [-0.1, -0.05) is 11.6 Å². The van der Waals surface area contributed by atoms with Crippen LogP contribution in [0.25, 0.3) is 0 Å². The summed E-state index contributed by atoms with van der Waals surface area (Å²) in [6.45, 7) is 0. The zero-order chi connectivity index (χ0) is 12.3. The van der Waals surface area contributed by atoms with Crippen LogP contribution in [0.5, 0.6) is 11.8 Å². The van der Waals surface area contributed by atoms with Crippen molar-refractivity contribution in [3.05, 3.63) is 41.4 Å². The molecular weight excluding hydrogens is 246 g/mol. The second-order valence-electron chi connectivity index (χ2n) is 3.00. The predicted molar refractivity (Wildman–Crippen MR) is 58.3 cm³/mol. The van der Waals surface area contributed by atoms with Gasteiger partial charge in [-0.15, -0.1) is 0 Å². The lowest BCUT2D eigenvalue weighted by molar-refractivity contribution is 0.0696. The fraction of sp³-hybridized carbons (Fsp3) is 0. The lowest BCUT2D eigenvalue weighted by atomic mass is 10.3. The average Bonchev–Trinajstić information content (AvgIpc) is 2.32. The molecule has 7 heteroatoms. The molecule has 17 heavy (non-hydrogen) atoms. The van der Waals surface area contributed by atoms with Crippen LogP contribution in [0.3, 0.4) is 0 Å². The molecule has 0 bridgehead atoms. The van der Waals surface area contributed by atoms with E-state index >= 15 is 0 Å². The molecular formula is C10H6ClN3O3. The summed E-state index contributed by atoms with van der Waals surface area (Å²) < 4.78 is 5.22. The maximum atomic E-state index is 10.7. The molecule has 0 saturated carbocycles. The summed E-state index contributed by atoms with van der Waals surface area (Å²) in [5.74, 6) is -0.841. The minimum Gasteiger partial charge on any atom is -0.478 e. The molecule has 1 N–H and O–H groups in total. The van der Waals surface area contributed by atoms with Crippen LogP contribution in [0, 0.1) is 0 Å². The minimum absolute atomic E-state index is 0.0245. The number of nitrogens with zero attached hydrogens (tertiary/aromatic N) is 3. The molecule has 0 saturated heterocycles. The van der Waals surface area contributed by atoms with Crippen LogP contribution in [0.1, 0.15) is 10.4 Å². The Bertz CT molecular complexity index is 545. The van der Waals surface area contributed by atoms with E-state index in [1.807, 2.05) is 0 Å². The highest BCUT2D eigenvalue weighted by molar-refractivity contribution is 6.30. The Morgan fingerprint density at radius 3 is 2.59 bits per heavy atom. The molecule has 0 radical (unpaired) electrons. The number of ether oxygens (including phenoxy) is 1. The number of hydrogen-bond acceptors (Lipinski definition) is 5. The van der Waals surface area contributed by atoms with E-state index in [2.05, 4.69) is 15.0 Å². The van der Waals surface area contributed by atoms with Crippen molar-refractivity contribution >= 4 is 17.6 Å². The van der Waals surface area contributed by atoms with Crippen LogP contribution in [0.4, 0.5) is 0 Å². The maximum absolute atomic E-state index is 10.7. The SMILES string of the molecule is O=C(O)c1cncc(Oc2ncc(Cl)cn2)c1. The van der Waals surface area contributed by atoms with E-state index < -0.39 is 5.97 Å². The lowest BCUT2D eigenvalue weighted by Crippen LogP contribution is -1.98. The molecule has 2 aromatic heterocycles. The molecule has 0 spiro atoms. The molecule has 0 atom stereocenters. The van der Waals surface area contributed by atoms with Crippen molar-refractivity contribution in [3.8, 4) is 11.8 Å². The fourth-order valence-corrected chi connectivity index (χ4v) is 1.15. The van der Waals surface area contributed by atoms with Gasteiger partial charge in [0, 0.05) is 6.20 Å². The monoisotopic (exact) mass is 251 g/mol. The minimum atomic E-state index is -1.08. The first kappa shape index (κ1) is 11.3. The third-order valence-corrected chi connectivity index (χ3v) is 1.96. The number of rotatable bonds is 3. The first-order valence-electron chi connectivity index (χ1n) is 4.49. The Morgan fingerprint density at radius 1 is 1.24 bits per heavy atom. The van der Waals surface area contributed by atoms with E-state index in [1.54, 1.807) is 0 Å². The number of pyridine rings is 1. The van der Waals surface area contributed by atoms with Crippen molar-refractivity contribution in [2.24, 2.45) is 0 Å². The smallest absolute Gasteiger partial charge is 0.337 e. The highest BCUT2D eigenvalue weighted by atomic mass is 35.5. The Morgan fingerprint density at radius 2 is 1.94 bits per heavy atom. The van der Waals surface area contributed by atoms with Gasteiger partial charge in [0.15, 0.2) is 0 Å². The van der Waals surface area contributed by atoms with Gasteiger partial charge in [-0.3, -0.25) is 4.98 Å². The first-order valence-corrected chi connectivity index (χ1v) is 4.86.